The van der Waals surface area contributed by atoms with E-state index in [1.165, 1.54) is 7.11 Å². The van der Waals surface area contributed by atoms with Crippen LogP contribution in [0.25, 0.3) is 0 Å². The molecule has 0 atom stereocenters. The number of benzene rings is 2. The minimum atomic E-state index is -0.120. The van der Waals surface area contributed by atoms with Gasteiger partial charge in [-0.15, -0.1) is 0 Å². The SMILES string of the molecule is COc1ccc(C(=O)c2ccc(Br)c(N)c2)cc1OC. The Hall–Kier alpha value is -2.01. The number of hydrogen-bond donors (Lipinski definition) is 1. The summed E-state index contributed by atoms with van der Waals surface area (Å²) in [7, 11) is 3.08. The van der Waals surface area contributed by atoms with Crippen LogP contribution in [0.15, 0.2) is 40.9 Å². The summed E-state index contributed by atoms with van der Waals surface area (Å²) in [5, 5.41) is 0. The number of carbonyl (C=O) groups is 1. The molecule has 0 aliphatic carbocycles. The topological polar surface area (TPSA) is 61.5 Å². The van der Waals surface area contributed by atoms with Crippen LogP contribution < -0.4 is 15.2 Å². The van der Waals surface area contributed by atoms with Crippen LogP contribution >= 0.6 is 15.9 Å². The van der Waals surface area contributed by atoms with Crippen molar-refractivity contribution in [2.75, 3.05) is 20.0 Å². The molecule has 0 aliphatic heterocycles. The molecule has 0 fully saturated rings. The van der Waals surface area contributed by atoms with Crippen molar-refractivity contribution in [3.63, 3.8) is 0 Å². The number of nitrogens with two attached hydrogens (primary N) is 1. The lowest BCUT2D eigenvalue weighted by Crippen LogP contribution is -2.03. The molecule has 0 heterocycles. The first-order valence-corrected chi connectivity index (χ1v) is 6.68. The molecule has 104 valence electrons. The Morgan fingerprint density at radius 2 is 1.60 bits per heavy atom. The summed E-state index contributed by atoms with van der Waals surface area (Å²) in [6, 6.07) is 10.2. The maximum Gasteiger partial charge on any atom is 0.193 e. The highest BCUT2D eigenvalue weighted by molar-refractivity contribution is 9.10. The summed E-state index contributed by atoms with van der Waals surface area (Å²) in [6.07, 6.45) is 0. The number of halogens is 1. The molecule has 0 radical (unpaired) electrons. The van der Waals surface area contributed by atoms with Gasteiger partial charge in [0.15, 0.2) is 17.3 Å². The van der Waals surface area contributed by atoms with Crippen molar-refractivity contribution in [2.45, 2.75) is 0 Å². The number of ketones is 1. The van der Waals surface area contributed by atoms with Gasteiger partial charge in [-0.3, -0.25) is 4.79 Å². The molecule has 0 bridgehead atoms. The lowest BCUT2D eigenvalue weighted by atomic mass is 10.0. The third-order valence-corrected chi connectivity index (χ3v) is 3.63. The summed E-state index contributed by atoms with van der Waals surface area (Å²) in [5.74, 6) is 0.980. The van der Waals surface area contributed by atoms with Crippen LogP contribution in [0.2, 0.25) is 0 Å². The van der Waals surface area contributed by atoms with E-state index in [4.69, 9.17) is 15.2 Å². The van der Waals surface area contributed by atoms with E-state index in [0.29, 0.717) is 28.3 Å². The van der Waals surface area contributed by atoms with Crippen molar-refractivity contribution in [2.24, 2.45) is 0 Å². The molecular formula is C15H14BrNO3. The van der Waals surface area contributed by atoms with Crippen LogP contribution in [0.3, 0.4) is 0 Å². The van der Waals surface area contributed by atoms with Crippen molar-refractivity contribution in [1.82, 2.24) is 0 Å². The van der Waals surface area contributed by atoms with Gasteiger partial charge in [-0.2, -0.15) is 0 Å². The Kier molecular flexibility index (Phi) is 4.29. The number of nitrogen functional groups attached to an aromatic ring is 1. The number of anilines is 1. The lowest BCUT2D eigenvalue weighted by molar-refractivity contribution is 0.103. The van der Waals surface area contributed by atoms with Gasteiger partial charge in [-0.1, -0.05) is 0 Å². The van der Waals surface area contributed by atoms with Gasteiger partial charge in [0.05, 0.1) is 14.2 Å². The molecule has 20 heavy (non-hydrogen) atoms. The second-order valence-corrected chi connectivity index (χ2v) is 4.99. The minimum absolute atomic E-state index is 0.120. The molecule has 5 heteroatoms. The average molecular weight is 336 g/mol. The summed E-state index contributed by atoms with van der Waals surface area (Å²) in [6.45, 7) is 0. The maximum absolute atomic E-state index is 12.4. The zero-order chi connectivity index (χ0) is 14.7. The van der Waals surface area contributed by atoms with E-state index in [-0.39, 0.29) is 5.78 Å². The molecule has 0 saturated heterocycles. The number of rotatable bonds is 4. The Labute approximate surface area is 125 Å². The van der Waals surface area contributed by atoms with E-state index < -0.39 is 0 Å². The highest BCUT2D eigenvalue weighted by Gasteiger charge is 2.13. The van der Waals surface area contributed by atoms with E-state index >= 15 is 0 Å². The third kappa shape index (κ3) is 2.77. The zero-order valence-corrected chi connectivity index (χ0v) is 12.7. The zero-order valence-electron chi connectivity index (χ0n) is 11.1. The molecule has 0 saturated carbocycles. The standard InChI is InChI=1S/C15H14BrNO3/c1-19-13-6-4-10(8-14(13)20-2)15(18)9-3-5-11(16)12(17)7-9/h3-8H,17H2,1-2H3. The van der Waals surface area contributed by atoms with Crippen LogP contribution in [0.5, 0.6) is 11.5 Å². The Morgan fingerprint density at radius 1 is 1.00 bits per heavy atom. The van der Waals surface area contributed by atoms with E-state index in [1.54, 1.807) is 43.5 Å². The van der Waals surface area contributed by atoms with Crippen molar-refractivity contribution in [3.8, 4) is 11.5 Å². The van der Waals surface area contributed by atoms with Crippen molar-refractivity contribution >= 4 is 27.4 Å². The van der Waals surface area contributed by atoms with Gasteiger partial charge in [-0.25, -0.2) is 0 Å². The first-order chi connectivity index (χ1) is 9.56. The molecule has 4 nitrogen and oxygen atoms in total. The van der Waals surface area contributed by atoms with Gasteiger partial charge in [0.2, 0.25) is 0 Å². The smallest absolute Gasteiger partial charge is 0.193 e. The molecule has 0 aromatic heterocycles. The van der Waals surface area contributed by atoms with E-state index in [2.05, 4.69) is 15.9 Å². The van der Waals surface area contributed by atoms with Gasteiger partial charge in [0, 0.05) is 21.3 Å². The molecule has 0 spiro atoms. The predicted molar refractivity (Wildman–Crippen MR) is 81.5 cm³/mol. The van der Waals surface area contributed by atoms with Crippen LogP contribution in [0, 0.1) is 0 Å². The Bertz CT molecular complexity index is 656. The monoisotopic (exact) mass is 335 g/mol. The molecule has 2 aromatic rings. The highest BCUT2D eigenvalue weighted by Crippen LogP contribution is 2.29. The van der Waals surface area contributed by atoms with E-state index in [9.17, 15) is 4.79 Å². The largest absolute Gasteiger partial charge is 0.493 e. The minimum Gasteiger partial charge on any atom is -0.493 e. The molecule has 2 rings (SSSR count). The number of hydrogen-bond acceptors (Lipinski definition) is 4. The van der Waals surface area contributed by atoms with Crippen LogP contribution in [-0.4, -0.2) is 20.0 Å². The van der Waals surface area contributed by atoms with Crippen LogP contribution in [0.4, 0.5) is 5.69 Å². The summed E-state index contributed by atoms with van der Waals surface area (Å²) >= 11 is 3.30. The number of carbonyl (C=O) groups excluding carboxylic acids is 1. The second kappa shape index (κ2) is 5.96. The van der Waals surface area contributed by atoms with Gasteiger partial charge in [0.25, 0.3) is 0 Å². The molecule has 2 N–H and O–H groups in total. The maximum atomic E-state index is 12.4. The van der Waals surface area contributed by atoms with Crippen LogP contribution in [-0.2, 0) is 0 Å². The van der Waals surface area contributed by atoms with Crippen LogP contribution in [0.1, 0.15) is 15.9 Å². The Balaban J connectivity index is 2.40. The summed E-state index contributed by atoms with van der Waals surface area (Å²) in [5.41, 5.74) is 7.36. The Morgan fingerprint density at radius 3 is 2.20 bits per heavy atom. The summed E-state index contributed by atoms with van der Waals surface area (Å²) < 4.78 is 11.1. The fourth-order valence-corrected chi connectivity index (χ4v) is 2.08. The molecule has 0 aliphatic rings. The average Bonchev–Trinajstić information content (AvgIpc) is 2.48. The molecule has 0 amide bonds. The third-order valence-electron chi connectivity index (χ3n) is 2.90. The first kappa shape index (κ1) is 14.4. The molecular weight excluding hydrogens is 322 g/mol. The normalized spacial score (nSPS) is 10.2. The van der Waals surface area contributed by atoms with Crippen molar-refractivity contribution in [1.29, 1.82) is 0 Å². The van der Waals surface area contributed by atoms with Gasteiger partial charge in [0.1, 0.15) is 0 Å². The predicted octanol–water partition coefficient (Wildman–Crippen LogP) is 3.28. The molecule has 0 unspecified atom stereocenters. The van der Waals surface area contributed by atoms with E-state index in [1.807, 2.05) is 0 Å². The van der Waals surface area contributed by atoms with Crippen molar-refractivity contribution in [3.05, 3.63) is 52.0 Å². The fourth-order valence-electron chi connectivity index (χ4n) is 1.83. The number of ether oxygens (including phenoxy) is 2. The highest BCUT2D eigenvalue weighted by atomic mass is 79.9. The first-order valence-electron chi connectivity index (χ1n) is 5.88. The lowest BCUT2D eigenvalue weighted by Gasteiger charge is -2.09. The quantitative estimate of drug-likeness (QED) is 0.688. The molecule has 2 aromatic carbocycles. The fraction of sp³-hybridized carbons (Fsp3) is 0.133. The van der Waals surface area contributed by atoms with Gasteiger partial charge >= 0.3 is 0 Å². The van der Waals surface area contributed by atoms with Gasteiger partial charge < -0.3 is 15.2 Å². The summed E-state index contributed by atoms with van der Waals surface area (Å²) in [4.78, 5) is 12.4. The number of methoxy groups -OCH3 is 2. The van der Waals surface area contributed by atoms with Crippen molar-refractivity contribution < 1.29 is 14.3 Å². The van der Waals surface area contributed by atoms with Gasteiger partial charge in [-0.05, 0) is 52.3 Å². The van der Waals surface area contributed by atoms with E-state index in [0.717, 1.165) is 4.47 Å². The second-order valence-electron chi connectivity index (χ2n) is 4.14.